The molecule has 2 aromatic rings. The summed E-state index contributed by atoms with van der Waals surface area (Å²) in [5.74, 6) is 2.57. The lowest BCUT2D eigenvalue weighted by molar-refractivity contribution is 1.07. The Morgan fingerprint density at radius 1 is 1.54 bits per heavy atom. The summed E-state index contributed by atoms with van der Waals surface area (Å²) in [4.78, 5) is 7.44. The third kappa shape index (κ3) is 1.29. The zero-order valence-electron chi connectivity index (χ0n) is 7.46. The van der Waals surface area contributed by atoms with E-state index in [0.29, 0.717) is 0 Å². The second kappa shape index (κ2) is 2.95. The summed E-state index contributed by atoms with van der Waals surface area (Å²) in [7, 11) is 0. The molecular formula is C11H10N2. The summed E-state index contributed by atoms with van der Waals surface area (Å²) in [6.07, 6.45) is 7.97. The molecule has 0 aliphatic rings. The first-order chi connectivity index (χ1) is 6.33. The standard InChI is InChI=1S/C11H10N2/c1-3-8-5-9-6-10(4-2)13-11(9)12-7-8/h1,5-7H,4H2,2H3,(H,12,13). The van der Waals surface area contributed by atoms with E-state index in [1.165, 1.54) is 5.69 Å². The Morgan fingerprint density at radius 3 is 3.08 bits per heavy atom. The molecule has 0 aromatic carbocycles. The average Bonchev–Trinajstić information content (AvgIpc) is 2.58. The summed E-state index contributed by atoms with van der Waals surface area (Å²) >= 11 is 0. The van der Waals surface area contributed by atoms with Gasteiger partial charge in [0.1, 0.15) is 5.65 Å². The summed E-state index contributed by atoms with van der Waals surface area (Å²) in [5, 5.41) is 1.09. The molecule has 0 amide bonds. The largest absolute Gasteiger partial charge is 0.343 e. The summed E-state index contributed by atoms with van der Waals surface area (Å²) < 4.78 is 0. The van der Waals surface area contributed by atoms with Gasteiger partial charge < -0.3 is 4.98 Å². The van der Waals surface area contributed by atoms with E-state index in [1.54, 1.807) is 6.20 Å². The van der Waals surface area contributed by atoms with Crippen molar-refractivity contribution in [2.75, 3.05) is 0 Å². The molecule has 2 nitrogen and oxygen atoms in total. The number of pyridine rings is 1. The maximum absolute atomic E-state index is 5.28. The van der Waals surface area contributed by atoms with E-state index in [1.807, 2.05) is 6.07 Å². The monoisotopic (exact) mass is 170 g/mol. The molecule has 0 saturated heterocycles. The normalized spacial score (nSPS) is 10.2. The van der Waals surface area contributed by atoms with Crippen LogP contribution < -0.4 is 0 Å². The van der Waals surface area contributed by atoms with E-state index in [9.17, 15) is 0 Å². The van der Waals surface area contributed by atoms with Gasteiger partial charge in [-0.15, -0.1) is 6.42 Å². The minimum absolute atomic E-state index is 0.828. The Hall–Kier alpha value is -1.75. The minimum atomic E-state index is 0.828. The molecule has 0 spiro atoms. The van der Waals surface area contributed by atoms with Crippen LogP contribution in [0.4, 0.5) is 0 Å². The van der Waals surface area contributed by atoms with Crippen molar-refractivity contribution in [3.8, 4) is 12.3 Å². The molecule has 2 heteroatoms. The van der Waals surface area contributed by atoms with Crippen molar-refractivity contribution in [1.82, 2.24) is 9.97 Å². The molecule has 2 heterocycles. The fourth-order valence-corrected chi connectivity index (χ4v) is 1.34. The number of fused-ring (bicyclic) bond motifs is 1. The highest BCUT2D eigenvalue weighted by Gasteiger charge is 2.00. The van der Waals surface area contributed by atoms with E-state index in [-0.39, 0.29) is 0 Å². The van der Waals surface area contributed by atoms with E-state index < -0.39 is 0 Å². The lowest BCUT2D eigenvalue weighted by Gasteiger charge is -1.89. The summed E-state index contributed by atoms with van der Waals surface area (Å²) in [6, 6.07) is 4.06. The molecule has 0 unspecified atom stereocenters. The molecule has 0 fully saturated rings. The highest BCUT2D eigenvalue weighted by Crippen LogP contribution is 2.14. The quantitative estimate of drug-likeness (QED) is 0.652. The molecule has 64 valence electrons. The van der Waals surface area contributed by atoms with Crippen LogP contribution in [0.1, 0.15) is 18.2 Å². The topological polar surface area (TPSA) is 28.7 Å². The number of H-pyrrole nitrogens is 1. The van der Waals surface area contributed by atoms with Gasteiger partial charge in [-0.3, -0.25) is 0 Å². The SMILES string of the molecule is C#Cc1cnc2[nH]c(CC)cc2c1. The van der Waals surface area contributed by atoms with Crippen LogP contribution in [0, 0.1) is 12.3 Å². The molecule has 0 aliphatic carbocycles. The molecule has 13 heavy (non-hydrogen) atoms. The number of hydrogen-bond donors (Lipinski definition) is 1. The molecule has 0 saturated carbocycles. The Labute approximate surface area is 77.0 Å². The zero-order chi connectivity index (χ0) is 9.26. The second-order valence-corrected chi connectivity index (χ2v) is 2.95. The van der Waals surface area contributed by atoms with Gasteiger partial charge in [-0.1, -0.05) is 12.8 Å². The fourth-order valence-electron chi connectivity index (χ4n) is 1.34. The van der Waals surface area contributed by atoms with Crippen molar-refractivity contribution in [3.05, 3.63) is 29.6 Å². The molecule has 0 atom stereocenters. The van der Waals surface area contributed by atoms with Gasteiger partial charge in [0.2, 0.25) is 0 Å². The van der Waals surface area contributed by atoms with Crippen molar-refractivity contribution in [2.45, 2.75) is 13.3 Å². The van der Waals surface area contributed by atoms with Crippen molar-refractivity contribution in [2.24, 2.45) is 0 Å². The number of nitrogens with zero attached hydrogens (tertiary/aromatic N) is 1. The zero-order valence-corrected chi connectivity index (χ0v) is 7.46. The van der Waals surface area contributed by atoms with Gasteiger partial charge in [0.25, 0.3) is 0 Å². The maximum Gasteiger partial charge on any atom is 0.137 e. The molecule has 1 N–H and O–H groups in total. The number of nitrogens with one attached hydrogen (secondary N) is 1. The Kier molecular flexibility index (Phi) is 1.79. The Morgan fingerprint density at radius 2 is 2.38 bits per heavy atom. The molecular weight excluding hydrogens is 160 g/mol. The van der Waals surface area contributed by atoms with Gasteiger partial charge in [0.15, 0.2) is 0 Å². The van der Waals surface area contributed by atoms with Crippen molar-refractivity contribution in [3.63, 3.8) is 0 Å². The van der Waals surface area contributed by atoms with Gasteiger partial charge >= 0.3 is 0 Å². The minimum Gasteiger partial charge on any atom is -0.343 e. The first-order valence-electron chi connectivity index (χ1n) is 4.27. The first-order valence-corrected chi connectivity index (χ1v) is 4.27. The molecule has 0 aliphatic heterocycles. The fraction of sp³-hybridized carbons (Fsp3) is 0.182. The number of terminal acetylenes is 1. The highest BCUT2D eigenvalue weighted by atomic mass is 14.8. The summed E-state index contributed by atoms with van der Waals surface area (Å²) in [6.45, 7) is 2.10. The van der Waals surface area contributed by atoms with Crippen molar-refractivity contribution < 1.29 is 0 Å². The Bertz CT molecular complexity index is 474. The second-order valence-electron chi connectivity index (χ2n) is 2.95. The first kappa shape index (κ1) is 7.88. The molecule has 2 aromatic heterocycles. The van der Waals surface area contributed by atoms with Gasteiger partial charge in [-0.25, -0.2) is 4.98 Å². The van der Waals surface area contributed by atoms with Gasteiger partial charge in [0, 0.05) is 22.8 Å². The van der Waals surface area contributed by atoms with Gasteiger partial charge in [-0.05, 0) is 18.6 Å². The average molecular weight is 170 g/mol. The van der Waals surface area contributed by atoms with E-state index in [2.05, 4.69) is 28.9 Å². The van der Waals surface area contributed by atoms with Crippen LogP contribution in [0.3, 0.4) is 0 Å². The van der Waals surface area contributed by atoms with Crippen LogP contribution in [-0.2, 0) is 6.42 Å². The third-order valence-electron chi connectivity index (χ3n) is 2.07. The maximum atomic E-state index is 5.28. The molecule has 0 radical (unpaired) electrons. The van der Waals surface area contributed by atoms with E-state index in [0.717, 1.165) is 23.0 Å². The van der Waals surface area contributed by atoms with Crippen LogP contribution in [0.5, 0.6) is 0 Å². The van der Waals surface area contributed by atoms with Crippen LogP contribution in [0.2, 0.25) is 0 Å². The smallest absolute Gasteiger partial charge is 0.137 e. The predicted molar refractivity (Wildman–Crippen MR) is 53.4 cm³/mol. The molecule has 2 rings (SSSR count). The number of aromatic amines is 1. The lowest BCUT2D eigenvalue weighted by atomic mass is 10.2. The highest BCUT2D eigenvalue weighted by molar-refractivity contribution is 5.77. The lowest BCUT2D eigenvalue weighted by Crippen LogP contribution is -1.79. The van der Waals surface area contributed by atoms with Gasteiger partial charge in [-0.2, -0.15) is 0 Å². The van der Waals surface area contributed by atoms with Crippen LogP contribution in [0.15, 0.2) is 18.3 Å². The predicted octanol–water partition coefficient (Wildman–Crippen LogP) is 2.11. The number of rotatable bonds is 1. The van der Waals surface area contributed by atoms with Gasteiger partial charge in [0.05, 0.1) is 0 Å². The molecule has 0 bridgehead atoms. The van der Waals surface area contributed by atoms with Crippen LogP contribution in [-0.4, -0.2) is 9.97 Å². The van der Waals surface area contributed by atoms with Crippen LogP contribution in [0.25, 0.3) is 11.0 Å². The number of hydrogen-bond acceptors (Lipinski definition) is 1. The van der Waals surface area contributed by atoms with E-state index >= 15 is 0 Å². The van der Waals surface area contributed by atoms with Crippen LogP contribution >= 0.6 is 0 Å². The van der Waals surface area contributed by atoms with Crippen molar-refractivity contribution >= 4 is 11.0 Å². The number of aromatic nitrogens is 2. The van der Waals surface area contributed by atoms with E-state index in [4.69, 9.17) is 6.42 Å². The number of aryl methyl sites for hydroxylation is 1. The van der Waals surface area contributed by atoms with Crippen molar-refractivity contribution in [1.29, 1.82) is 0 Å². The Balaban J connectivity index is 2.65. The third-order valence-corrected chi connectivity index (χ3v) is 2.07. The summed E-state index contributed by atoms with van der Waals surface area (Å²) in [5.41, 5.74) is 2.93.